The largest absolute Gasteiger partial charge is 0.493 e. The van der Waals surface area contributed by atoms with Crippen LogP contribution < -0.4 is 9.47 Å². The first kappa shape index (κ1) is 22.3. The van der Waals surface area contributed by atoms with Crippen molar-refractivity contribution in [1.82, 2.24) is 4.90 Å². The summed E-state index contributed by atoms with van der Waals surface area (Å²) in [5.74, 6) is -0.267. The number of amides is 2. The van der Waals surface area contributed by atoms with Gasteiger partial charge < -0.3 is 9.47 Å². The zero-order valence-electron chi connectivity index (χ0n) is 16.1. The molecule has 0 aromatic heterocycles. The molecule has 1 fully saturated rings. The van der Waals surface area contributed by atoms with Crippen molar-refractivity contribution in [3.8, 4) is 11.5 Å². The predicted molar refractivity (Wildman–Crippen MR) is 124 cm³/mol. The molecule has 2 aliphatic rings. The van der Waals surface area contributed by atoms with Crippen LogP contribution in [0.1, 0.15) is 18.4 Å². The molecule has 30 heavy (non-hydrogen) atoms. The number of nitroso groups, excluding NO2 is 1. The number of rotatable bonds is 7. The summed E-state index contributed by atoms with van der Waals surface area (Å²) in [6.07, 6.45) is 8.01. The second-order valence-electron chi connectivity index (χ2n) is 6.42. The summed E-state index contributed by atoms with van der Waals surface area (Å²) in [4.78, 5) is 35.5. The van der Waals surface area contributed by atoms with E-state index < -0.39 is 18.4 Å². The molecule has 1 aromatic carbocycles. The summed E-state index contributed by atoms with van der Waals surface area (Å²) in [6.45, 7) is -0.0217. The fourth-order valence-electron chi connectivity index (χ4n) is 2.89. The van der Waals surface area contributed by atoms with Crippen LogP contribution >= 0.6 is 33.2 Å². The molecule has 1 atom stereocenters. The number of carbonyl (C=O) groups excluding carboxylic acids is 2. The lowest BCUT2D eigenvalue weighted by Crippen LogP contribution is -2.32. The van der Waals surface area contributed by atoms with E-state index in [2.05, 4.69) is 26.6 Å². The average Bonchev–Trinajstić information content (AvgIpc) is 3.00. The molecule has 7 nitrogen and oxygen atoms in total. The number of hydrogen-bond donors (Lipinski definition) is 0. The fraction of sp³-hybridized carbons (Fsp3) is 0.250. The standard InChI is InChI=1S/C20H19N2O5PS2/c1-26-15-8-12(6-7-14(15)27-11-13-4-2-3-5-16(13)28)9-17-19(24)22(20(29)30-17)10-18(23)21-25/h4-9H,2-3,10-11,28H2,1H3/b17-9-. The molecule has 1 heterocycles. The number of hydrogen-bond acceptors (Lipinski definition) is 7. The van der Waals surface area contributed by atoms with Crippen LogP contribution in [0.4, 0.5) is 0 Å². The Morgan fingerprint density at radius 1 is 1.33 bits per heavy atom. The number of ether oxygens (including phenoxy) is 2. The highest BCUT2D eigenvalue weighted by atomic mass is 32.2. The van der Waals surface area contributed by atoms with Gasteiger partial charge in [0.25, 0.3) is 5.91 Å². The first-order valence-electron chi connectivity index (χ1n) is 9.00. The molecule has 0 N–H and O–H groups in total. The lowest BCUT2D eigenvalue weighted by molar-refractivity contribution is -0.127. The van der Waals surface area contributed by atoms with Crippen LogP contribution in [0, 0.1) is 4.91 Å². The molecular formula is C20H19N2O5PS2. The van der Waals surface area contributed by atoms with Gasteiger partial charge in [0.2, 0.25) is 0 Å². The van der Waals surface area contributed by atoms with Crippen molar-refractivity contribution in [3.63, 3.8) is 0 Å². The number of carbonyl (C=O) groups is 2. The number of thioether (sulfide) groups is 1. The SMILES string of the molecule is COc1cc(/C=C2\SC(=S)N(CC(=O)N=O)C2=O)ccc1OCC1=CCCC=C1P. The molecule has 0 bridgehead atoms. The quantitative estimate of drug-likeness (QED) is 0.262. The van der Waals surface area contributed by atoms with Crippen LogP contribution in [0.25, 0.3) is 6.08 Å². The molecule has 10 heteroatoms. The van der Waals surface area contributed by atoms with Crippen molar-refractivity contribution >= 4 is 55.4 Å². The Kier molecular flexibility index (Phi) is 7.53. The van der Waals surface area contributed by atoms with E-state index in [0.29, 0.717) is 28.6 Å². The maximum Gasteiger partial charge on any atom is 0.306 e. The Morgan fingerprint density at radius 2 is 2.10 bits per heavy atom. The molecule has 1 aliphatic heterocycles. The van der Waals surface area contributed by atoms with Gasteiger partial charge in [-0.3, -0.25) is 14.5 Å². The Labute approximate surface area is 185 Å². The van der Waals surface area contributed by atoms with Crippen LogP contribution in [0.2, 0.25) is 0 Å². The molecule has 156 valence electrons. The van der Waals surface area contributed by atoms with Gasteiger partial charge in [0.05, 0.1) is 12.0 Å². The van der Waals surface area contributed by atoms with E-state index >= 15 is 0 Å². The summed E-state index contributed by atoms with van der Waals surface area (Å²) in [6, 6.07) is 5.34. The first-order valence-corrected chi connectivity index (χ1v) is 10.8. The van der Waals surface area contributed by atoms with Crippen molar-refractivity contribution in [1.29, 1.82) is 0 Å². The predicted octanol–water partition coefficient (Wildman–Crippen LogP) is 4.05. The maximum atomic E-state index is 12.5. The van der Waals surface area contributed by atoms with Crippen molar-refractivity contribution in [2.24, 2.45) is 5.18 Å². The van der Waals surface area contributed by atoms with Crippen molar-refractivity contribution in [2.75, 3.05) is 20.3 Å². The van der Waals surface area contributed by atoms with Crippen LogP contribution in [-0.2, 0) is 9.59 Å². The monoisotopic (exact) mass is 462 g/mol. The van der Waals surface area contributed by atoms with E-state index in [4.69, 9.17) is 21.7 Å². The van der Waals surface area contributed by atoms with Gasteiger partial charge in [0, 0.05) is 5.18 Å². The molecule has 1 saturated heterocycles. The molecule has 1 aliphatic carbocycles. The first-order chi connectivity index (χ1) is 14.4. The Balaban J connectivity index is 1.74. The number of thiocarbonyl (C=S) groups is 1. The second kappa shape index (κ2) is 10.1. The summed E-state index contributed by atoms with van der Waals surface area (Å²) in [5, 5.41) is 3.45. The Morgan fingerprint density at radius 3 is 2.80 bits per heavy atom. The summed E-state index contributed by atoms with van der Waals surface area (Å²) < 4.78 is 11.6. The second-order valence-corrected chi connectivity index (χ2v) is 8.72. The molecule has 1 unspecified atom stereocenters. The van der Waals surface area contributed by atoms with Gasteiger partial charge in [-0.05, 0) is 47.5 Å². The van der Waals surface area contributed by atoms with Gasteiger partial charge in [-0.1, -0.05) is 42.2 Å². The topological polar surface area (TPSA) is 85.3 Å². The molecule has 3 rings (SSSR count). The van der Waals surface area contributed by atoms with Gasteiger partial charge in [-0.25, -0.2) is 0 Å². The number of nitrogens with zero attached hydrogens (tertiary/aromatic N) is 2. The van der Waals surface area contributed by atoms with E-state index in [1.54, 1.807) is 31.4 Å². The minimum Gasteiger partial charge on any atom is -0.493 e. The highest BCUT2D eigenvalue weighted by Gasteiger charge is 2.33. The van der Waals surface area contributed by atoms with Crippen molar-refractivity contribution in [2.45, 2.75) is 12.8 Å². The zero-order chi connectivity index (χ0) is 21.7. The van der Waals surface area contributed by atoms with Crippen LogP contribution in [0.5, 0.6) is 11.5 Å². The van der Waals surface area contributed by atoms with Gasteiger partial charge in [0.15, 0.2) is 11.5 Å². The fourth-order valence-corrected chi connectivity index (χ4v) is 4.51. The van der Waals surface area contributed by atoms with Gasteiger partial charge >= 0.3 is 5.91 Å². The molecule has 0 saturated carbocycles. The van der Waals surface area contributed by atoms with E-state index in [1.165, 1.54) is 0 Å². The van der Waals surface area contributed by atoms with E-state index in [9.17, 15) is 14.5 Å². The molecular weight excluding hydrogens is 443 g/mol. The highest BCUT2D eigenvalue weighted by Crippen LogP contribution is 2.35. The highest BCUT2D eigenvalue weighted by molar-refractivity contribution is 8.26. The third-order valence-corrected chi connectivity index (χ3v) is 6.41. The molecule has 1 aromatic rings. The maximum absolute atomic E-state index is 12.5. The molecule has 0 radical (unpaired) electrons. The average molecular weight is 462 g/mol. The normalized spacial score (nSPS) is 17.7. The van der Waals surface area contributed by atoms with Crippen LogP contribution in [0.3, 0.4) is 0 Å². The van der Waals surface area contributed by atoms with Gasteiger partial charge in [-0.2, -0.15) is 0 Å². The van der Waals surface area contributed by atoms with E-state index in [-0.39, 0.29) is 4.32 Å². The molecule has 0 spiro atoms. The van der Waals surface area contributed by atoms with Crippen molar-refractivity contribution < 1.29 is 19.1 Å². The minimum absolute atomic E-state index is 0.206. The summed E-state index contributed by atoms with van der Waals surface area (Å²) >= 11 is 6.19. The Bertz CT molecular complexity index is 1000. The Hall–Kier alpha value is -2.35. The smallest absolute Gasteiger partial charge is 0.306 e. The van der Waals surface area contributed by atoms with Gasteiger partial charge in [0.1, 0.15) is 17.5 Å². The third kappa shape index (κ3) is 5.22. The third-order valence-electron chi connectivity index (χ3n) is 4.43. The van der Waals surface area contributed by atoms with Crippen molar-refractivity contribution in [3.05, 3.63) is 56.6 Å². The van der Waals surface area contributed by atoms with Gasteiger partial charge in [-0.15, -0.1) is 14.1 Å². The van der Waals surface area contributed by atoms with E-state index in [0.717, 1.165) is 40.4 Å². The zero-order valence-corrected chi connectivity index (χ0v) is 18.9. The number of allylic oxidation sites excluding steroid dienone is 2. The summed E-state index contributed by atoms with van der Waals surface area (Å²) in [7, 11) is 4.27. The number of benzene rings is 1. The molecule has 2 amide bonds. The lowest BCUT2D eigenvalue weighted by atomic mass is 10.1. The van der Waals surface area contributed by atoms with Crippen LogP contribution in [-0.4, -0.2) is 41.3 Å². The number of methoxy groups -OCH3 is 1. The van der Waals surface area contributed by atoms with Crippen LogP contribution in [0.15, 0.2) is 51.3 Å². The lowest BCUT2D eigenvalue weighted by Gasteiger charge is -2.15. The van der Waals surface area contributed by atoms with E-state index in [1.807, 2.05) is 0 Å². The summed E-state index contributed by atoms with van der Waals surface area (Å²) in [5.41, 5.74) is 1.84. The minimum atomic E-state index is -0.952.